The Bertz CT molecular complexity index is 426. The van der Waals surface area contributed by atoms with Gasteiger partial charge in [-0.2, -0.15) is 0 Å². The van der Waals surface area contributed by atoms with E-state index < -0.39 is 5.69 Å². The van der Waals surface area contributed by atoms with Crippen LogP contribution < -0.4 is 11.2 Å². The number of aromatic nitrogens is 2. The maximum atomic E-state index is 11.4. The second-order valence-electron chi connectivity index (χ2n) is 3.25. The Kier molecular flexibility index (Phi) is 8.33. The summed E-state index contributed by atoms with van der Waals surface area (Å²) in [6.45, 7) is 1.71. The minimum atomic E-state index is -0.505. The fourth-order valence-corrected chi connectivity index (χ4v) is 1.78. The summed E-state index contributed by atoms with van der Waals surface area (Å²) < 4.78 is 0. The Morgan fingerprint density at radius 1 is 1.18 bits per heavy atom. The predicted molar refractivity (Wildman–Crippen MR) is 71.6 cm³/mol. The molecule has 1 heterocycles. The van der Waals surface area contributed by atoms with E-state index in [2.05, 4.69) is 9.97 Å². The van der Waals surface area contributed by atoms with Crippen molar-refractivity contribution in [3.8, 4) is 0 Å². The highest BCUT2D eigenvalue weighted by atomic mass is 35.5. The molecule has 0 aliphatic heterocycles. The van der Waals surface area contributed by atoms with Gasteiger partial charge in [0, 0.05) is 43.2 Å². The number of rotatable bonds is 6. The van der Waals surface area contributed by atoms with Gasteiger partial charge < -0.3 is 4.98 Å². The number of halogens is 3. The molecule has 0 radical (unpaired) electrons. The lowest BCUT2D eigenvalue weighted by molar-refractivity contribution is 0.297. The van der Waals surface area contributed by atoms with Crippen molar-refractivity contribution in [2.24, 2.45) is 0 Å². The van der Waals surface area contributed by atoms with Gasteiger partial charge in [0.05, 0.1) is 0 Å². The fourth-order valence-electron chi connectivity index (χ4n) is 1.30. The largest absolute Gasteiger partial charge is 0.325 e. The van der Waals surface area contributed by atoms with E-state index in [1.807, 2.05) is 4.90 Å². The van der Waals surface area contributed by atoms with Crippen molar-refractivity contribution in [3.63, 3.8) is 0 Å². The maximum absolute atomic E-state index is 11.4. The first-order valence-electron chi connectivity index (χ1n) is 4.82. The summed E-state index contributed by atoms with van der Waals surface area (Å²) >= 11 is 11.3. The summed E-state index contributed by atoms with van der Waals surface area (Å²) in [5.74, 6) is 0.941. The Balaban J connectivity index is 0.00000256. The van der Waals surface area contributed by atoms with E-state index in [9.17, 15) is 9.59 Å². The molecule has 0 spiro atoms. The summed E-state index contributed by atoms with van der Waals surface area (Å²) in [6, 6.07) is 0. The molecule has 0 unspecified atom stereocenters. The van der Waals surface area contributed by atoms with E-state index in [1.165, 1.54) is 6.20 Å². The minimum Gasteiger partial charge on any atom is -0.314 e. The zero-order valence-electron chi connectivity index (χ0n) is 9.04. The highest BCUT2D eigenvalue weighted by Gasteiger charge is 2.07. The molecular formula is C9H14Cl3N3O2. The van der Waals surface area contributed by atoms with Crippen molar-refractivity contribution in [2.45, 2.75) is 6.54 Å². The second-order valence-corrected chi connectivity index (χ2v) is 4.01. The molecule has 0 saturated carbocycles. The Hall–Kier alpha value is -0.490. The maximum Gasteiger partial charge on any atom is 0.325 e. The first-order valence-corrected chi connectivity index (χ1v) is 5.89. The molecule has 8 heteroatoms. The molecule has 5 nitrogen and oxygen atoms in total. The predicted octanol–water partition coefficient (Wildman–Crippen LogP) is 0.765. The van der Waals surface area contributed by atoms with Crippen LogP contribution >= 0.6 is 35.6 Å². The molecule has 0 saturated heterocycles. The molecule has 0 aliphatic rings. The monoisotopic (exact) mass is 301 g/mol. The van der Waals surface area contributed by atoms with Gasteiger partial charge in [-0.05, 0) is 0 Å². The third-order valence-electron chi connectivity index (χ3n) is 2.09. The van der Waals surface area contributed by atoms with Crippen LogP contribution in [0.25, 0.3) is 0 Å². The molecule has 0 amide bonds. The number of aromatic amines is 2. The molecule has 17 heavy (non-hydrogen) atoms. The zero-order valence-corrected chi connectivity index (χ0v) is 11.4. The van der Waals surface area contributed by atoms with Crippen LogP contribution in [0, 0.1) is 0 Å². The summed E-state index contributed by atoms with van der Waals surface area (Å²) in [4.78, 5) is 28.8. The van der Waals surface area contributed by atoms with E-state index >= 15 is 0 Å². The summed E-state index contributed by atoms with van der Waals surface area (Å²) in [5, 5.41) is 0. The highest BCUT2D eigenvalue weighted by molar-refractivity contribution is 6.18. The summed E-state index contributed by atoms with van der Waals surface area (Å²) in [5.41, 5.74) is -0.386. The standard InChI is InChI=1S/C9H13Cl2N3O2.ClH/c10-1-3-14(4-2-11)6-7-5-12-9(16)13-8(7)15;/h5H,1-4,6H2,(H2,12,13,15,16);1H. The van der Waals surface area contributed by atoms with Crippen LogP contribution in [-0.2, 0) is 6.54 Å². The lowest BCUT2D eigenvalue weighted by Crippen LogP contribution is -2.32. The molecule has 0 aliphatic carbocycles. The van der Waals surface area contributed by atoms with Crippen molar-refractivity contribution >= 4 is 35.6 Å². The normalized spacial score (nSPS) is 10.3. The van der Waals surface area contributed by atoms with Crippen molar-refractivity contribution in [2.75, 3.05) is 24.8 Å². The Labute approximate surface area is 115 Å². The fraction of sp³-hybridized carbons (Fsp3) is 0.556. The van der Waals surface area contributed by atoms with E-state index in [0.717, 1.165) is 0 Å². The first-order chi connectivity index (χ1) is 7.67. The lowest BCUT2D eigenvalue weighted by Gasteiger charge is -2.19. The van der Waals surface area contributed by atoms with Gasteiger partial charge in [0.1, 0.15) is 0 Å². The number of nitrogens with one attached hydrogen (secondary N) is 2. The van der Waals surface area contributed by atoms with Gasteiger partial charge in [0.25, 0.3) is 5.56 Å². The third-order valence-corrected chi connectivity index (χ3v) is 2.43. The van der Waals surface area contributed by atoms with Crippen LogP contribution in [0.2, 0.25) is 0 Å². The molecule has 98 valence electrons. The summed E-state index contributed by atoms with van der Waals surface area (Å²) in [6.07, 6.45) is 1.41. The first kappa shape index (κ1) is 16.5. The molecule has 0 aromatic carbocycles. The zero-order chi connectivity index (χ0) is 12.0. The quantitative estimate of drug-likeness (QED) is 0.763. The minimum absolute atomic E-state index is 0. The molecule has 2 N–H and O–H groups in total. The highest BCUT2D eigenvalue weighted by Crippen LogP contribution is 1.98. The van der Waals surface area contributed by atoms with Crippen LogP contribution in [0.5, 0.6) is 0 Å². The van der Waals surface area contributed by atoms with Crippen LogP contribution in [0.1, 0.15) is 5.56 Å². The van der Waals surface area contributed by atoms with E-state index in [0.29, 0.717) is 37.0 Å². The van der Waals surface area contributed by atoms with E-state index in [1.54, 1.807) is 0 Å². The molecule has 0 fully saturated rings. The van der Waals surface area contributed by atoms with Gasteiger partial charge >= 0.3 is 5.69 Å². The van der Waals surface area contributed by atoms with Crippen LogP contribution in [0.15, 0.2) is 15.8 Å². The average molecular weight is 303 g/mol. The smallest absolute Gasteiger partial charge is 0.314 e. The van der Waals surface area contributed by atoms with Crippen LogP contribution in [-0.4, -0.2) is 39.7 Å². The van der Waals surface area contributed by atoms with Crippen LogP contribution in [0.3, 0.4) is 0 Å². The topological polar surface area (TPSA) is 69.0 Å². The van der Waals surface area contributed by atoms with E-state index in [-0.39, 0.29) is 18.0 Å². The van der Waals surface area contributed by atoms with Crippen molar-refractivity contribution in [3.05, 3.63) is 32.6 Å². The number of alkyl halides is 2. The third kappa shape index (κ3) is 5.59. The van der Waals surface area contributed by atoms with Gasteiger partial charge in [-0.3, -0.25) is 14.7 Å². The van der Waals surface area contributed by atoms with Gasteiger partial charge in [-0.15, -0.1) is 35.6 Å². The van der Waals surface area contributed by atoms with Gasteiger partial charge in [-0.25, -0.2) is 4.79 Å². The van der Waals surface area contributed by atoms with Gasteiger partial charge in [0.2, 0.25) is 0 Å². The molecular weight excluding hydrogens is 288 g/mol. The van der Waals surface area contributed by atoms with Gasteiger partial charge in [0.15, 0.2) is 0 Å². The molecule has 1 aromatic rings. The lowest BCUT2D eigenvalue weighted by atomic mass is 10.3. The van der Waals surface area contributed by atoms with Crippen molar-refractivity contribution in [1.29, 1.82) is 0 Å². The van der Waals surface area contributed by atoms with Crippen LogP contribution in [0.4, 0.5) is 0 Å². The molecule has 1 aromatic heterocycles. The number of hydrogen-bond donors (Lipinski definition) is 2. The molecule has 0 atom stereocenters. The van der Waals surface area contributed by atoms with E-state index in [4.69, 9.17) is 23.2 Å². The van der Waals surface area contributed by atoms with Gasteiger partial charge in [-0.1, -0.05) is 0 Å². The van der Waals surface area contributed by atoms with Crippen molar-refractivity contribution in [1.82, 2.24) is 14.9 Å². The van der Waals surface area contributed by atoms with Crippen molar-refractivity contribution < 1.29 is 0 Å². The summed E-state index contributed by atoms with van der Waals surface area (Å²) in [7, 11) is 0. The molecule has 1 rings (SSSR count). The number of hydrogen-bond acceptors (Lipinski definition) is 3. The Morgan fingerprint density at radius 2 is 1.76 bits per heavy atom. The second kappa shape index (κ2) is 8.58. The Morgan fingerprint density at radius 3 is 2.24 bits per heavy atom. The average Bonchev–Trinajstić information content (AvgIpc) is 2.23. The SMILES string of the molecule is Cl.O=c1[nH]cc(CN(CCCl)CCCl)c(=O)[nH]1. The molecule has 0 bridgehead atoms. The number of H-pyrrole nitrogens is 2. The number of nitrogens with zero attached hydrogens (tertiary/aromatic N) is 1.